The summed E-state index contributed by atoms with van der Waals surface area (Å²) in [5.74, 6) is 0. The molecule has 2 rings (SSSR count). The van der Waals surface area contributed by atoms with Crippen LogP contribution in [0.5, 0.6) is 0 Å². The number of morpholine rings is 1. The van der Waals surface area contributed by atoms with E-state index in [0.29, 0.717) is 6.04 Å². The van der Waals surface area contributed by atoms with Crippen molar-refractivity contribution in [2.24, 2.45) is 0 Å². The number of rotatable bonds is 4. The summed E-state index contributed by atoms with van der Waals surface area (Å²) in [6, 6.07) is 10.9. The predicted octanol–water partition coefficient (Wildman–Crippen LogP) is 1.70. The molecule has 1 aliphatic rings. The van der Waals surface area contributed by atoms with Crippen LogP contribution in [-0.4, -0.2) is 48.0 Å². The topological polar surface area (TPSA) is 32.7 Å². The summed E-state index contributed by atoms with van der Waals surface area (Å²) in [7, 11) is 0. The number of aliphatic hydroxyl groups is 1. The molecule has 2 unspecified atom stereocenters. The van der Waals surface area contributed by atoms with Gasteiger partial charge in [0.25, 0.3) is 0 Å². The van der Waals surface area contributed by atoms with Crippen LogP contribution in [0.3, 0.4) is 0 Å². The molecule has 0 amide bonds. The van der Waals surface area contributed by atoms with Gasteiger partial charge in [0.15, 0.2) is 0 Å². The van der Waals surface area contributed by atoms with Gasteiger partial charge in [0, 0.05) is 19.1 Å². The van der Waals surface area contributed by atoms with Gasteiger partial charge in [0.05, 0.1) is 18.8 Å². The highest BCUT2D eigenvalue weighted by molar-refractivity contribution is 5.15. The SMILES string of the molecule is CC(C)N1CC(CO)OC(Cc2ccccc2)C1. The Morgan fingerprint density at radius 3 is 2.50 bits per heavy atom. The summed E-state index contributed by atoms with van der Waals surface area (Å²) in [5, 5.41) is 9.32. The molecule has 1 N–H and O–H groups in total. The quantitative estimate of drug-likeness (QED) is 0.881. The molecule has 3 heteroatoms. The van der Waals surface area contributed by atoms with Crippen molar-refractivity contribution in [1.29, 1.82) is 0 Å². The van der Waals surface area contributed by atoms with Gasteiger partial charge >= 0.3 is 0 Å². The maximum absolute atomic E-state index is 9.32. The molecular weight excluding hydrogens is 226 g/mol. The number of hydrogen-bond donors (Lipinski definition) is 1. The van der Waals surface area contributed by atoms with E-state index in [0.717, 1.165) is 19.5 Å². The fraction of sp³-hybridized carbons (Fsp3) is 0.600. The van der Waals surface area contributed by atoms with Crippen LogP contribution in [0.25, 0.3) is 0 Å². The van der Waals surface area contributed by atoms with Crippen LogP contribution in [0, 0.1) is 0 Å². The Bertz CT molecular complexity index is 353. The van der Waals surface area contributed by atoms with E-state index >= 15 is 0 Å². The van der Waals surface area contributed by atoms with Crippen LogP contribution in [0.1, 0.15) is 19.4 Å². The third-order valence-corrected chi connectivity index (χ3v) is 3.50. The molecule has 0 bridgehead atoms. The lowest BCUT2D eigenvalue weighted by molar-refractivity contribution is -0.109. The molecule has 1 aliphatic heterocycles. The average Bonchev–Trinajstić information content (AvgIpc) is 2.39. The number of hydrogen-bond acceptors (Lipinski definition) is 3. The molecule has 0 aromatic heterocycles. The largest absolute Gasteiger partial charge is 0.394 e. The number of aliphatic hydroxyl groups excluding tert-OH is 1. The third-order valence-electron chi connectivity index (χ3n) is 3.50. The van der Waals surface area contributed by atoms with Crippen molar-refractivity contribution < 1.29 is 9.84 Å². The Kier molecular flexibility index (Phi) is 4.75. The third kappa shape index (κ3) is 3.55. The van der Waals surface area contributed by atoms with Gasteiger partial charge in [-0.25, -0.2) is 0 Å². The van der Waals surface area contributed by atoms with Crippen LogP contribution in [0.15, 0.2) is 30.3 Å². The van der Waals surface area contributed by atoms with E-state index in [-0.39, 0.29) is 18.8 Å². The second kappa shape index (κ2) is 6.32. The minimum absolute atomic E-state index is 0.0464. The molecule has 0 spiro atoms. The fourth-order valence-electron chi connectivity index (χ4n) is 2.47. The van der Waals surface area contributed by atoms with Crippen molar-refractivity contribution in [3.63, 3.8) is 0 Å². The molecular formula is C15H23NO2. The van der Waals surface area contributed by atoms with E-state index in [1.807, 2.05) is 6.07 Å². The summed E-state index contributed by atoms with van der Waals surface area (Å²) in [4.78, 5) is 2.39. The molecule has 0 radical (unpaired) electrons. The van der Waals surface area contributed by atoms with E-state index < -0.39 is 0 Å². The second-order valence-corrected chi connectivity index (χ2v) is 5.30. The first kappa shape index (κ1) is 13.5. The molecule has 1 heterocycles. The van der Waals surface area contributed by atoms with Gasteiger partial charge in [0.2, 0.25) is 0 Å². The number of nitrogens with zero attached hydrogens (tertiary/aromatic N) is 1. The first-order valence-electron chi connectivity index (χ1n) is 6.73. The van der Waals surface area contributed by atoms with Crippen molar-refractivity contribution >= 4 is 0 Å². The van der Waals surface area contributed by atoms with Gasteiger partial charge < -0.3 is 9.84 Å². The highest BCUT2D eigenvalue weighted by Gasteiger charge is 2.28. The lowest BCUT2D eigenvalue weighted by atomic mass is 10.0. The lowest BCUT2D eigenvalue weighted by Gasteiger charge is -2.39. The van der Waals surface area contributed by atoms with E-state index in [1.165, 1.54) is 5.56 Å². The number of ether oxygens (including phenoxy) is 1. The first-order valence-corrected chi connectivity index (χ1v) is 6.73. The maximum Gasteiger partial charge on any atom is 0.0936 e. The molecule has 18 heavy (non-hydrogen) atoms. The molecule has 3 nitrogen and oxygen atoms in total. The van der Waals surface area contributed by atoms with Gasteiger partial charge in [-0.1, -0.05) is 30.3 Å². The Labute approximate surface area is 109 Å². The highest BCUT2D eigenvalue weighted by Crippen LogP contribution is 2.17. The molecule has 0 saturated carbocycles. The van der Waals surface area contributed by atoms with E-state index in [2.05, 4.69) is 43.0 Å². The van der Waals surface area contributed by atoms with Crippen molar-refractivity contribution in [2.45, 2.75) is 38.5 Å². The maximum atomic E-state index is 9.32. The number of benzene rings is 1. The van der Waals surface area contributed by atoms with Gasteiger partial charge in [-0.2, -0.15) is 0 Å². The minimum atomic E-state index is -0.0464. The Morgan fingerprint density at radius 1 is 1.22 bits per heavy atom. The highest BCUT2D eigenvalue weighted by atomic mass is 16.5. The molecule has 0 aliphatic carbocycles. The molecule has 1 fully saturated rings. The molecule has 100 valence electrons. The van der Waals surface area contributed by atoms with E-state index in [4.69, 9.17) is 4.74 Å². The summed E-state index contributed by atoms with van der Waals surface area (Å²) in [6.45, 7) is 6.27. The fourth-order valence-corrected chi connectivity index (χ4v) is 2.47. The van der Waals surface area contributed by atoms with Crippen LogP contribution < -0.4 is 0 Å². The summed E-state index contributed by atoms with van der Waals surface area (Å²) >= 11 is 0. The summed E-state index contributed by atoms with van der Waals surface area (Å²) in [5.41, 5.74) is 1.30. The summed E-state index contributed by atoms with van der Waals surface area (Å²) in [6.07, 6.45) is 1.05. The standard InChI is InChI=1S/C15H23NO2/c1-12(2)16-9-14(18-15(10-16)11-17)8-13-6-4-3-5-7-13/h3-7,12,14-15,17H,8-11H2,1-2H3. The van der Waals surface area contributed by atoms with Crippen LogP contribution in [0.4, 0.5) is 0 Å². The minimum Gasteiger partial charge on any atom is -0.394 e. The Morgan fingerprint density at radius 2 is 1.89 bits per heavy atom. The van der Waals surface area contributed by atoms with Crippen LogP contribution in [0.2, 0.25) is 0 Å². The molecule has 1 aromatic carbocycles. The van der Waals surface area contributed by atoms with Crippen molar-refractivity contribution in [3.05, 3.63) is 35.9 Å². The van der Waals surface area contributed by atoms with Crippen molar-refractivity contribution in [1.82, 2.24) is 4.90 Å². The zero-order valence-corrected chi connectivity index (χ0v) is 11.2. The second-order valence-electron chi connectivity index (χ2n) is 5.30. The van der Waals surface area contributed by atoms with E-state index in [9.17, 15) is 5.11 Å². The van der Waals surface area contributed by atoms with Gasteiger partial charge in [0.1, 0.15) is 0 Å². The zero-order chi connectivity index (χ0) is 13.0. The van der Waals surface area contributed by atoms with Crippen molar-refractivity contribution in [2.75, 3.05) is 19.7 Å². The molecule has 1 aromatic rings. The lowest BCUT2D eigenvalue weighted by Crippen LogP contribution is -2.51. The molecule has 1 saturated heterocycles. The van der Waals surface area contributed by atoms with Crippen LogP contribution >= 0.6 is 0 Å². The van der Waals surface area contributed by atoms with Gasteiger partial charge in [-0.05, 0) is 25.8 Å². The smallest absolute Gasteiger partial charge is 0.0936 e. The Hall–Kier alpha value is -0.900. The van der Waals surface area contributed by atoms with Crippen molar-refractivity contribution in [3.8, 4) is 0 Å². The Balaban J connectivity index is 1.99. The normalized spacial score (nSPS) is 25.6. The predicted molar refractivity (Wildman–Crippen MR) is 72.6 cm³/mol. The zero-order valence-electron chi connectivity index (χ0n) is 11.2. The first-order chi connectivity index (χ1) is 8.69. The monoisotopic (exact) mass is 249 g/mol. The summed E-state index contributed by atoms with van der Waals surface area (Å²) < 4.78 is 5.93. The molecule has 2 atom stereocenters. The average molecular weight is 249 g/mol. The van der Waals surface area contributed by atoms with Gasteiger partial charge in [-0.15, -0.1) is 0 Å². The van der Waals surface area contributed by atoms with E-state index in [1.54, 1.807) is 0 Å². The van der Waals surface area contributed by atoms with Gasteiger partial charge in [-0.3, -0.25) is 4.90 Å². The van der Waals surface area contributed by atoms with Crippen LogP contribution in [-0.2, 0) is 11.2 Å².